The molecule has 0 spiro atoms. The Morgan fingerprint density at radius 1 is 1.31 bits per heavy atom. The highest BCUT2D eigenvalue weighted by molar-refractivity contribution is 6.09. The van der Waals surface area contributed by atoms with Crippen molar-refractivity contribution in [2.24, 2.45) is 0 Å². The molecule has 16 heavy (non-hydrogen) atoms. The third-order valence-corrected chi connectivity index (χ3v) is 2.50. The van der Waals surface area contributed by atoms with Gasteiger partial charge in [0.2, 0.25) is 0 Å². The second kappa shape index (κ2) is 4.07. The molecule has 4 heteroatoms. The van der Waals surface area contributed by atoms with Crippen LogP contribution in [0.2, 0.25) is 0 Å². The first kappa shape index (κ1) is 10.2. The van der Waals surface area contributed by atoms with E-state index >= 15 is 0 Å². The minimum atomic E-state index is -0.433. The molecule has 1 heterocycles. The van der Waals surface area contributed by atoms with E-state index in [2.05, 4.69) is 0 Å². The highest BCUT2D eigenvalue weighted by atomic mass is 16.3. The van der Waals surface area contributed by atoms with Gasteiger partial charge in [-0.3, -0.25) is 4.79 Å². The second-order valence-electron chi connectivity index (χ2n) is 3.48. The highest BCUT2D eigenvalue weighted by Gasteiger charge is 2.27. The Morgan fingerprint density at radius 3 is 2.62 bits per heavy atom. The van der Waals surface area contributed by atoms with Crippen molar-refractivity contribution in [2.45, 2.75) is 6.42 Å². The Hall–Kier alpha value is -2.28. The van der Waals surface area contributed by atoms with Crippen LogP contribution in [0, 0.1) is 11.3 Å². The molecule has 0 aliphatic carbocycles. The van der Waals surface area contributed by atoms with Gasteiger partial charge in [0, 0.05) is 18.7 Å². The van der Waals surface area contributed by atoms with Crippen molar-refractivity contribution in [1.29, 1.82) is 5.26 Å². The number of hydrogen-bond acceptors (Lipinski definition) is 3. The third-order valence-electron chi connectivity index (χ3n) is 2.50. The van der Waals surface area contributed by atoms with Crippen LogP contribution in [0.5, 0.6) is 0 Å². The number of anilines is 1. The van der Waals surface area contributed by atoms with Crippen molar-refractivity contribution in [3.63, 3.8) is 0 Å². The van der Waals surface area contributed by atoms with Gasteiger partial charge >= 0.3 is 0 Å². The van der Waals surface area contributed by atoms with Gasteiger partial charge in [-0.15, -0.1) is 0 Å². The minimum Gasteiger partial charge on any atom is -0.511 e. The number of aliphatic hydroxyl groups excluding tert-OH is 1. The smallest absolute Gasteiger partial charge is 0.272 e. The molecule has 2 rings (SSSR count). The molecule has 0 saturated heterocycles. The summed E-state index contributed by atoms with van der Waals surface area (Å²) < 4.78 is 0. The zero-order valence-corrected chi connectivity index (χ0v) is 8.55. The van der Waals surface area contributed by atoms with Gasteiger partial charge in [-0.25, -0.2) is 0 Å². The molecular formula is C12H10N2O2. The van der Waals surface area contributed by atoms with Crippen LogP contribution in [-0.2, 0) is 4.79 Å². The van der Waals surface area contributed by atoms with E-state index in [1.165, 1.54) is 4.90 Å². The van der Waals surface area contributed by atoms with Gasteiger partial charge in [-0.05, 0) is 12.1 Å². The number of amides is 1. The van der Waals surface area contributed by atoms with Gasteiger partial charge in [0.15, 0.2) is 5.57 Å². The third kappa shape index (κ3) is 1.63. The molecule has 1 aliphatic heterocycles. The zero-order chi connectivity index (χ0) is 11.5. The topological polar surface area (TPSA) is 64.3 Å². The Balaban J connectivity index is 2.36. The number of para-hydroxylation sites is 1. The van der Waals surface area contributed by atoms with Crippen LogP contribution in [-0.4, -0.2) is 17.6 Å². The Labute approximate surface area is 93.0 Å². The molecule has 0 fully saturated rings. The van der Waals surface area contributed by atoms with Gasteiger partial charge < -0.3 is 10.0 Å². The molecule has 0 saturated carbocycles. The van der Waals surface area contributed by atoms with Crippen molar-refractivity contribution < 1.29 is 9.90 Å². The number of carbonyl (C=O) groups excluding carboxylic acids is 1. The maximum atomic E-state index is 11.9. The van der Waals surface area contributed by atoms with E-state index in [1.807, 2.05) is 18.2 Å². The maximum Gasteiger partial charge on any atom is 0.272 e. The van der Waals surface area contributed by atoms with Gasteiger partial charge in [0.25, 0.3) is 5.91 Å². The summed E-state index contributed by atoms with van der Waals surface area (Å²) in [5.41, 5.74) is 0.586. The maximum absolute atomic E-state index is 11.9. The van der Waals surface area contributed by atoms with Crippen LogP contribution in [0.15, 0.2) is 41.7 Å². The zero-order valence-electron chi connectivity index (χ0n) is 8.55. The number of nitrogens with zero attached hydrogens (tertiary/aromatic N) is 2. The average molecular weight is 214 g/mol. The fraction of sp³-hybridized carbons (Fsp3) is 0.167. The van der Waals surface area contributed by atoms with Crippen molar-refractivity contribution in [3.05, 3.63) is 41.7 Å². The first-order valence-corrected chi connectivity index (χ1v) is 4.93. The van der Waals surface area contributed by atoms with Crippen LogP contribution in [0.3, 0.4) is 0 Å². The lowest BCUT2D eigenvalue weighted by atomic mass is 10.1. The molecule has 4 nitrogen and oxygen atoms in total. The molecule has 1 N–H and O–H groups in total. The monoisotopic (exact) mass is 214 g/mol. The summed E-state index contributed by atoms with van der Waals surface area (Å²) in [7, 11) is 0. The van der Waals surface area contributed by atoms with Crippen molar-refractivity contribution in [2.75, 3.05) is 11.4 Å². The average Bonchev–Trinajstić information content (AvgIpc) is 2.31. The van der Waals surface area contributed by atoms with E-state index in [9.17, 15) is 9.90 Å². The molecule has 0 radical (unpaired) electrons. The largest absolute Gasteiger partial charge is 0.511 e. The SMILES string of the molecule is N#CC1=C(O)CCN(c2ccccc2)C1=O. The lowest BCUT2D eigenvalue weighted by Gasteiger charge is -2.26. The number of aliphatic hydroxyl groups is 1. The Kier molecular flexibility index (Phi) is 2.61. The summed E-state index contributed by atoms with van der Waals surface area (Å²) >= 11 is 0. The van der Waals surface area contributed by atoms with Crippen molar-refractivity contribution in [3.8, 4) is 6.07 Å². The molecule has 1 aromatic carbocycles. The number of rotatable bonds is 1. The van der Waals surface area contributed by atoms with Crippen LogP contribution < -0.4 is 4.90 Å². The first-order valence-electron chi connectivity index (χ1n) is 4.93. The minimum absolute atomic E-state index is 0.111. The van der Waals surface area contributed by atoms with Crippen LogP contribution in [0.25, 0.3) is 0 Å². The molecule has 0 aromatic heterocycles. The lowest BCUT2D eigenvalue weighted by Crippen LogP contribution is -2.37. The van der Waals surface area contributed by atoms with Crippen LogP contribution >= 0.6 is 0 Å². The van der Waals surface area contributed by atoms with E-state index < -0.39 is 5.91 Å². The molecule has 1 amide bonds. The van der Waals surface area contributed by atoms with E-state index in [0.717, 1.165) is 5.69 Å². The number of hydrogen-bond donors (Lipinski definition) is 1. The quantitative estimate of drug-likeness (QED) is 0.774. The fourth-order valence-electron chi connectivity index (χ4n) is 1.67. The standard InChI is InChI=1S/C12H10N2O2/c13-8-10-11(15)6-7-14(12(10)16)9-4-2-1-3-5-9/h1-5,15H,6-7H2. The summed E-state index contributed by atoms with van der Waals surface area (Å²) in [5.74, 6) is -0.544. The lowest BCUT2D eigenvalue weighted by molar-refractivity contribution is -0.115. The summed E-state index contributed by atoms with van der Waals surface area (Å²) in [4.78, 5) is 13.4. The number of carbonyl (C=O) groups is 1. The molecule has 80 valence electrons. The van der Waals surface area contributed by atoms with E-state index in [-0.39, 0.29) is 11.3 Å². The molecule has 0 bridgehead atoms. The van der Waals surface area contributed by atoms with Gasteiger partial charge in [0.1, 0.15) is 11.8 Å². The van der Waals surface area contributed by atoms with Gasteiger partial charge in [0.05, 0.1) is 0 Å². The second-order valence-corrected chi connectivity index (χ2v) is 3.48. The predicted octanol–water partition coefficient (Wildman–Crippen LogP) is 1.76. The van der Waals surface area contributed by atoms with E-state index in [4.69, 9.17) is 5.26 Å². The van der Waals surface area contributed by atoms with Gasteiger partial charge in [-0.1, -0.05) is 18.2 Å². The summed E-state index contributed by atoms with van der Waals surface area (Å²) in [6.45, 7) is 0.403. The van der Waals surface area contributed by atoms with E-state index in [1.54, 1.807) is 18.2 Å². The summed E-state index contributed by atoms with van der Waals surface area (Å²) in [6.07, 6.45) is 0.323. The summed E-state index contributed by atoms with van der Waals surface area (Å²) in [6, 6.07) is 10.9. The highest BCUT2D eigenvalue weighted by Crippen LogP contribution is 2.22. The number of nitriles is 1. The first-order chi connectivity index (χ1) is 7.74. The molecule has 0 atom stereocenters. The van der Waals surface area contributed by atoms with Crippen molar-refractivity contribution >= 4 is 11.6 Å². The number of benzene rings is 1. The molecular weight excluding hydrogens is 204 g/mol. The fourth-order valence-corrected chi connectivity index (χ4v) is 1.67. The van der Waals surface area contributed by atoms with Crippen LogP contribution in [0.1, 0.15) is 6.42 Å². The normalized spacial score (nSPS) is 16.2. The Bertz CT molecular complexity index is 485. The van der Waals surface area contributed by atoms with Gasteiger partial charge in [-0.2, -0.15) is 5.26 Å². The predicted molar refractivity (Wildman–Crippen MR) is 58.7 cm³/mol. The molecule has 1 aliphatic rings. The molecule has 0 unspecified atom stereocenters. The summed E-state index contributed by atoms with van der Waals surface area (Å²) in [5, 5.41) is 18.2. The van der Waals surface area contributed by atoms with Crippen molar-refractivity contribution in [1.82, 2.24) is 0 Å². The Morgan fingerprint density at radius 2 is 2.00 bits per heavy atom. The molecule has 1 aromatic rings. The van der Waals surface area contributed by atoms with Crippen LogP contribution in [0.4, 0.5) is 5.69 Å². The van der Waals surface area contributed by atoms with E-state index in [0.29, 0.717) is 13.0 Å².